The normalized spacial score (nSPS) is 18.7. The first-order valence-corrected chi connectivity index (χ1v) is 6.59. The Morgan fingerprint density at radius 2 is 1.37 bits per heavy atom. The monoisotopic (exact) mass is 438 g/mol. The number of methoxy groups -OCH3 is 1. The minimum absolute atomic E-state index is 0. The van der Waals surface area contributed by atoms with Gasteiger partial charge in [0, 0.05) is 26.0 Å². The maximum atomic E-state index is 4.97. The zero-order chi connectivity index (χ0) is 13.7. The Bertz CT molecular complexity index is 401. The zero-order valence-corrected chi connectivity index (χ0v) is 15.3. The van der Waals surface area contributed by atoms with Gasteiger partial charge in [-0.05, 0) is 63.8 Å². The molecule has 0 aromatic carbocycles. The number of ether oxygens (including phenoxy) is 1. The summed E-state index contributed by atoms with van der Waals surface area (Å²) >= 11 is 0. The van der Waals surface area contributed by atoms with Gasteiger partial charge in [-0.3, -0.25) is 0 Å². The molecular weight excluding hydrogens is 412 g/mol. The molecule has 2 aliphatic carbocycles. The van der Waals surface area contributed by atoms with Gasteiger partial charge in [0.25, 0.3) is 0 Å². The van der Waals surface area contributed by atoms with E-state index in [1.807, 2.05) is 6.08 Å². The minimum atomic E-state index is 0. The van der Waals surface area contributed by atoms with E-state index in [1.54, 1.807) is 7.11 Å². The van der Waals surface area contributed by atoms with E-state index in [4.69, 9.17) is 4.74 Å². The van der Waals surface area contributed by atoms with Gasteiger partial charge >= 0.3 is 0 Å². The van der Waals surface area contributed by atoms with E-state index >= 15 is 0 Å². The van der Waals surface area contributed by atoms with Crippen LogP contribution in [0.3, 0.4) is 0 Å². The molecule has 0 aromatic heterocycles. The van der Waals surface area contributed by atoms with Crippen molar-refractivity contribution in [3.8, 4) is 0 Å². The standard InChI is InChI=1S/C10H15.C7H10O.Ir/c1-6-7(2)9(4)10(5)8(6)3;1-8-7-5-3-2-4-6-7;/h1-5H3;3,5-6H,2,4H2,1H3;. The summed E-state index contributed by atoms with van der Waals surface area (Å²) in [6.07, 6.45) is 8.51. The van der Waals surface area contributed by atoms with E-state index < -0.39 is 0 Å². The van der Waals surface area contributed by atoms with Crippen molar-refractivity contribution in [2.24, 2.45) is 0 Å². The molecule has 108 valence electrons. The van der Waals surface area contributed by atoms with Crippen molar-refractivity contribution in [3.05, 3.63) is 52.2 Å². The van der Waals surface area contributed by atoms with Gasteiger partial charge in [-0.15, -0.1) is 0 Å². The average Bonchev–Trinajstić information content (AvgIpc) is 2.59. The van der Waals surface area contributed by atoms with E-state index in [-0.39, 0.29) is 20.1 Å². The van der Waals surface area contributed by atoms with Crippen molar-refractivity contribution in [2.45, 2.75) is 47.5 Å². The Kier molecular flexibility index (Phi) is 8.29. The Morgan fingerprint density at radius 3 is 1.58 bits per heavy atom. The molecular formula is C17H25IrO. The fourth-order valence-electron chi connectivity index (χ4n) is 2.15. The fraction of sp³-hybridized carbons (Fsp3) is 0.471. The predicted molar refractivity (Wildman–Crippen MR) is 79.1 cm³/mol. The molecule has 0 saturated heterocycles. The number of hydrogen-bond donors (Lipinski definition) is 0. The zero-order valence-electron chi connectivity index (χ0n) is 12.9. The number of allylic oxidation sites excluding steroid dienone is 7. The predicted octanol–water partition coefficient (Wildman–Crippen LogP) is 5.13. The molecule has 0 unspecified atom stereocenters. The molecule has 0 saturated carbocycles. The van der Waals surface area contributed by atoms with Gasteiger partial charge in [0.15, 0.2) is 0 Å². The maximum Gasteiger partial charge on any atom is 0.114 e. The first-order valence-electron chi connectivity index (χ1n) is 6.59. The van der Waals surface area contributed by atoms with E-state index in [2.05, 4.69) is 46.8 Å². The third-order valence-corrected chi connectivity index (χ3v) is 4.01. The molecule has 2 rings (SSSR count). The first-order chi connectivity index (χ1) is 8.49. The summed E-state index contributed by atoms with van der Waals surface area (Å²) in [5.41, 5.74) is 5.87. The van der Waals surface area contributed by atoms with Crippen LogP contribution in [-0.4, -0.2) is 7.11 Å². The smallest absolute Gasteiger partial charge is 0.114 e. The van der Waals surface area contributed by atoms with Crippen LogP contribution in [0.5, 0.6) is 0 Å². The van der Waals surface area contributed by atoms with Crippen LogP contribution in [0.2, 0.25) is 0 Å². The Labute approximate surface area is 131 Å². The molecule has 0 spiro atoms. The van der Waals surface area contributed by atoms with Crippen LogP contribution in [0.15, 0.2) is 46.3 Å². The third-order valence-electron chi connectivity index (χ3n) is 4.01. The summed E-state index contributed by atoms with van der Waals surface area (Å²) in [5.74, 6) is 2.46. The summed E-state index contributed by atoms with van der Waals surface area (Å²) < 4.78 is 4.97. The first kappa shape index (κ1) is 18.4. The molecule has 0 bridgehead atoms. The van der Waals surface area contributed by atoms with Crippen LogP contribution >= 0.6 is 0 Å². The Hall–Kier alpha value is -0.591. The van der Waals surface area contributed by atoms with Crippen LogP contribution in [0, 0.1) is 5.92 Å². The van der Waals surface area contributed by atoms with Crippen LogP contribution in [0.25, 0.3) is 0 Å². The van der Waals surface area contributed by atoms with Crippen molar-refractivity contribution < 1.29 is 24.8 Å². The molecule has 0 N–H and O–H groups in total. The molecule has 0 amide bonds. The maximum absolute atomic E-state index is 4.97. The summed E-state index contributed by atoms with van der Waals surface area (Å²) in [6, 6.07) is 0. The fourth-order valence-corrected chi connectivity index (χ4v) is 2.15. The minimum Gasteiger partial charge on any atom is -0.497 e. The van der Waals surface area contributed by atoms with Crippen molar-refractivity contribution in [1.29, 1.82) is 0 Å². The van der Waals surface area contributed by atoms with Crippen LogP contribution in [0.1, 0.15) is 47.5 Å². The number of hydrogen-bond acceptors (Lipinski definition) is 1. The summed E-state index contributed by atoms with van der Waals surface area (Å²) in [5, 5.41) is 0. The molecule has 0 heterocycles. The van der Waals surface area contributed by atoms with Crippen LogP contribution in [-0.2, 0) is 24.8 Å². The molecule has 19 heavy (non-hydrogen) atoms. The number of rotatable bonds is 1. The van der Waals surface area contributed by atoms with Gasteiger partial charge in [0.05, 0.1) is 7.11 Å². The second-order valence-electron chi connectivity index (χ2n) is 4.92. The molecule has 0 aromatic rings. The van der Waals surface area contributed by atoms with Crippen molar-refractivity contribution in [1.82, 2.24) is 0 Å². The van der Waals surface area contributed by atoms with Crippen LogP contribution in [0.4, 0.5) is 0 Å². The van der Waals surface area contributed by atoms with Crippen molar-refractivity contribution in [2.75, 3.05) is 7.11 Å². The van der Waals surface area contributed by atoms with Gasteiger partial charge in [-0.1, -0.05) is 24.1 Å². The SMILES string of the molecule is COC1=CCCC=C1.C[C]1C(C)=C(C)C(C)=C1C.[Ir]. The Balaban J connectivity index is 0.000000331. The van der Waals surface area contributed by atoms with E-state index in [0.29, 0.717) is 0 Å². The largest absolute Gasteiger partial charge is 0.497 e. The topological polar surface area (TPSA) is 9.23 Å². The second-order valence-corrected chi connectivity index (χ2v) is 4.92. The molecule has 0 fully saturated rings. The van der Waals surface area contributed by atoms with Crippen molar-refractivity contribution >= 4 is 0 Å². The van der Waals surface area contributed by atoms with E-state index in [1.165, 1.54) is 28.2 Å². The molecule has 1 nitrogen and oxygen atoms in total. The quantitative estimate of drug-likeness (QED) is 0.553. The molecule has 0 atom stereocenters. The van der Waals surface area contributed by atoms with Crippen LogP contribution < -0.4 is 0 Å². The van der Waals surface area contributed by atoms with Gasteiger partial charge in [0.2, 0.25) is 0 Å². The second kappa shape index (κ2) is 8.55. The average molecular weight is 438 g/mol. The van der Waals surface area contributed by atoms with Gasteiger partial charge in [0.1, 0.15) is 5.76 Å². The summed E-state index contributed by atoms with van der Waals surface area (Å²) in [7, 11) is 1.70. The molecule has 0 aliphatic heterocycles. The Morgan fingerprint density at radius 1 is 0.842 bits per heavy atom. The molecule has 2 radical (unpaired) electrons. The van der Waals surface area contributed by atoms with Gasteiger partial charge in [-0.2, -0.15) is 0 Å². The van der Waals surface area contributed by atoms with Crippen molar-refractivity contribution in [3.63, 3.8) is 0 Å². The summed E-state index contributed by atoms with van der Waals surface area (Å²) in [6.45, 7) is 11.0. The molecule has 2 aliphatic rings. The summed E-state index contributed by atoms with van der Waals surface area (Å²) in [4.78, 5) is 0. The molecule has 2 heteroatoms. The third kappa shape index (κ3) is 4.78. The van der Waals surface area contributed by atoms with Gasteiger partial charge in [-0.25, -0.2) is 0 Å². The van der Waals surface area contributed by atoms with E-state index in [9.17, 15) is 0 Å². The van der Waals surface area contributed by atoms with Gasteiger partial charge < -0.3 is 4.74 Å². The van der Waals surface area contributed by atoms with E-state index in [0.717, 1.165) is 18.6 Å².